The van der Waals surface area contributed by atoms with E-state index in [1.165, 1.54) is 4.31 Å². The second-order valence-electron chi connectivity index (χ2n) is 6.22. The molecule has 0 aliphatic rings. The zero-order valence-electron chi connectivity index (χ0n) is 14.9. The molecule has 0 aromatic heterocycles. The smallest absolute Gasteiger partial charge is 0.243 e. The SMILES string of the molecule is CCC[C@@H](C)NC(=O)[C@H](C)N(c1cc(C)ccc1C)S(C)(=O)=O. The first kappa shape index (κ1) is 19.5. The number of nitrogens with one attached hydrogen (secondary N) is 1. The van der Waals surface area contributed by atoms with Gasteiger partial charge in [0.25, 0.3) is 0 Å². The van der Waals surface area contributed by atoms with E-state index in [0.29, 0.717) is 5.69 Å². The van der Waals surface area contributed by atoms with Crippen LogP contribution in [0, 0.1) is 13.8 Å². The molecule has 0 saturated carbocycles. The summed E-state index contributed by atoms with van der Waals surface area (Å²) in [5, 5.41) is 2.89. The van der Waals surface area contributed by atoms with E-state index >= 15 is 0 Å². The van der Waals surface area contributed by atoms with E-state index in [1.807, 2.05) is 39.8 Å². The van der Waals surface area contributed by atoms with Crippen LogP contribution >= 0.6 is 0 Å². The summed E-state index contributed by atoms with van der Waals surface area (Å²) in [7, 11) is -3.58. The normalized spacial score (nSPS) is 14.2. The first-order chi connectivity index (χ1) is 10.6. The van der Waals surface area contributed by atoms with Crippen LogP contribution in [0.1, 0.15) is 44.7 Å². The summed E-state index contributed by atoms with van der Waals surface area (Å²) in [6.07, 6.45) is 2.96. The second kappa shape index (κ2) is 7.81. The molecule has 0 aliphatic heterocycles. The molecule has 5 nitrogen and oxygen atoms in total. The van der Waals surface area contributed by atoms with Crippen LogP contribution in [0.2, 0.25) is 0 Å². The number of anilines is 1. The number of hydrogen-bond donors (Lipinski definition) is 1. The van der Waals surface area contributed by atoms with Gasteiger partial charge in [-0.15, -0.1) is 0 Å². The topological polar surface area (TPSA) is 66.5 Å². The highest BCUT2D eigenvalue weighted by atomic mass is 32.2. The number of rotatable bonds is 7. The fourth-order valence-electron chi connectivity index (χ4n) is 2.61. The van der Waals surface area contributed by atoms with Gasteiger partial charge in [-0.05, 0) is 51.3 Å². The number of hydrogen-bond acceptors (Lipinski definition) is 3. The molecule has 6 heteroatoms. The van der Waals surface area contributed by atoms with E-state index < -0.39 is 16.1 Å². The predicted octanol–water partition coefficient (Wildman–Crippen LogP) is 2.76. The van der Waals surface area contributed by atoms with E-state index in [1.54, 1.807) is 13.0 Å². The van der Waals surface area contributed by atoms with E-state index in [-0.39, 0.29) is 11.9 Å². The van der Waals surface area contributed by atoms with Gasteiger partial charge in [-0.2, -0.15) is 0 Å². The molecule has 130 valence electrons. The van der Waals surface area contributed by atoms with Crippen molar-refractivity contribution in [3.8, 4) is 0 Å². The molecule has 1 rings (SSSR count). The molecule has 0 fully saturated rings. The van der Waals surface area contributed by atoms with Crippen LogP contribution in [0.25, 0.3) is 0 Å². The molecule has 0 heterocycles. The zero-order chi connectivity index (χ0) is 17.8. The van der Waals surface area contributed by atoms with Crippen molar-refractivity contribution in [3.63, 3.8) is 0 Å². The number of carbonyl (C=O) groups is 1. The van der Waals surface area contributed by atoms with Crippen LogP contribution in [-0.4, -0.2) is 32.7 Å². The van der Waals surface area contributed by atoms with Crippen molar-refractivity contribution < 1.29 is 13.2 Å². The molecule has 0 aliphatic carbocycles. The lowest BCUT2D eigenvalue weighted by atomic mass is 10.1. The minimum absolute atomic E-state index is 0.0231. The third kappa shape index (κ3) is 5.23. The standard InChI is InChI=1S/C17H28N2O3S/c1-7-8-14(4)18-17(20)15(5)19(23(6,21)22)16-11-12(2)9-10-13(16)3/h9-11,14-15H,7-8H2,1-6H3,(H,18,20)/t14-,15+/m1/s1. The first-order valence-electron chi connectivity index (χ1n) is 7.95. The zero-order valence-corrected chi connectivity index (χ0v) is 15.7. The average Bonchev–Trinajstić information content (AvgIpc) is 2.41. The van der Waals surface area contributed by atoms with Gasteiger partial charge in [-0.1, -0.05) is 25.5 Å². The summed E-state index contributed by atoms with van der Waals surface area (Å²) in [6.45, 7) is 9.34. The lowest BCUT2D eigenvalue weighted by molar-refractivity contribution is -0.122. The molecule has 0 radical (unpaired) electrons. The molecule has 23 heavy (non-hydrogen) atoms. The highest BCUT2D eigenvalue weighted by Crippen LogP contribution is 2.26. The molecule has 1 aromatic carbocycles. The molecule has 2 atom stereocenters. The Balaban J connectivity index is 3.17. The van der Waals surface area contributed by atoms with Gasteiger partial charge in [0.15, 0.2) is 0 Å². The monoisotopic (exact) mass is 340 g/mol. The summed E-state index contributed by atoms with van der Waals surface area (Å²) in [5.74, 6) is -0.280. The third-order valence-corrected chi connectivity index (χ3v) is 5.03. The Morgan fingerprint density at radius 2 is 1.87 bits per heavy atom. The van der Waals surface area contributed by atoms with Gasteiger partial charge in [0.1, 0.15) is 6.04 Å². The van der Waals surface area contributed by atoms with E-state index in [2.05, 4.69) is 5.32 Å². The van der Waals surface area contributed by atoms with Gasteiger partial charge in [0.05, 0.1) is 11.9 Å². The number of aryl methyl sites for hydroxylation is 2. The van der Waals surface area contributed by atoms with Gasteiger partial charge in [-0.3, -0.25) is 9.10 Å². The lowest BCUT2D eigenvalue weighted by Gasteiger charge is -2.30. The van der Waals surface area contributed by atoms with Crippen molar-refractivity contribution in [1.29, 1.82) is 0 Å². The Bertz CT molecular complexity index is 656. The summed E-state index contributed by atoms with van der Waals surface area (Å²) >= 11 is 0. The van der Waals surface area contributed by atoms with Crippen LogP contribution < -0.4 is 9.62 Å². The number of carbonyl (C=O) groups excluding carboxylic acids is 1. The molecule has 1 amide bonds. The average molecular weight is 340 g/mol. The van der Waals surface area contributed by atoms with Gasteiger partial charge in [0, 0.05) is 6.04 Å². The Kier molecular flexibility index (Phi) is 6.62. The highest BCUT2D eigenvalue weighted by molar-refractivity contribution is 7.92. The molecule has 1 N–H and O–H groups in total. The third-order valence-electron chi connectivity index (χ3n) is 3.80. The van der Waals surface area contributed by atoms with Crippen molar-refractivity contribution in [2.24, 2.45) is 0 Å². The number of amides is 1. The first-order valence-corrected chi connectivity index (χ1v) is 9.79. The van der Waals surface area contributed by atoms with Crippen molar-refractivity contribution in [2.45, 2.75) is 59.5 Å². The summed E-state index contributed by atoms with van der Waals surface area (Å²) in [6, 6.07) is 4.82. The molecule has 0 unspecified atom stereocenters. The fraction of sp³-hybridized carbons (Fsp3) is 0.588. The second-order valence-corrected chi connectivity index (χ2v) is 8.08. The fourth-order valence-corrected chi connectivity index (χ4v) is 3.83. The Labute approximate surface area is 140 Å². The van der Waals surface area contributed by atoms with Crippen molar-refractivity contribution in [1.82, 2.24) is 5.32 Å². The summed E-state index contributed by atoms with van der Waals surface area (Å²) in [4.78, 5) is 12.5. The maximum Gasteiger partial charge on any atom is 0.243 e. The maximum atomic E-state index is 12.5. The van der Waals surface area contributed by atoms with E-state index in [9.17, 15) is 13.2 Å². The minimum atomic E-state index is -3.58. The Morgan fingerprint density at radius 3 is 2.39 bits per heavy atom. The Hall–Kier alpha value is -1.56. The van der Waals surface area contributed by atoms with Crippen molar-refractivity contribution >= 4 is 21.6 Å². The number of nitrogens with zero attached hydrogens (tertiary/aromatic N) is 1. The summed E-state index contributed by atoms with van der Waals surface area (Å²) in [5.41, 5.74) is 2.33. The maximum absolute atomic E-state index is 12.5. The molecular formula is C17H28N2O3S. The van der Waals surface area contributed by atoms with Gasteiger partial charge >= 0.3 is 0 Å². The number of sulfonamides is 1. The quantitative estimate of drug-likeness (QED) is 0.830. The molecule has 1 aromatic rings. The number of benzene rings is 1. The van der Waals surface area contributed by atoms with Crippen LogP contribution in [-0.2, 0) is 14.8 Å². The van der Waals surface area contributed by atoms with Crippen LogP contribution in [0.3, 0.4) is 0 Å². The van der Waals surface area contributed by atoms with E-state index in [4.69, 9.17) is 0 Å². The lowest BCUT2D eigenvalue weighted by Crippen LogP contribution is -2.50. The Morgan fingerprint density at radius 1 is 1.26 bits per heavy atom. The van der Waals surface area contributed by atoms with E-state index in [0.717, 1.165) is 30.2 Å². The van der Waals surface area contributed by atoms with Crippen LogP contribution in [0.5, 0.6) is 0 Å². The molecule has 0 bridgehead atoms. The molecule has 0 saturated heterocycles. The molecular weight excluding hydrogens is 312 g/mol. The molecule has 0 spiro atoms. The highest BCUT2D eigenvalue weighted by Gasteiger charge is 2.30. The van der Waals surface area contributed by atoms with Crippen molar-refractivity contribution in [3.05, 3.63) is 29.3 Å². The largest absolute Gasteiger partial charge is 0.352 e. The van der Waals surface area contributed by atoms with Crippen LogP contribution in [0.4, 0.5) is 5.69 Å². The van der Waals surface area contributed by atoms with Gasteiger partial charge < -0.3 is 5.32 Å². The predicted molar refractivity (Wildman–Crippen MR) is 95.2 cm³/mol. The minimum Gasteiger partial charge on any atom is -0.352 e. The van der Waals surface area contributed by atoms with Gasteiger partial charge in [0.2, 0.25) is 15.9 Å². The van der Waals surface area contributed by atoms with Crippen molar-refractivity contribution in [2.75, 3.05) is 10.6 Å². The van der Waals surface area contributed by atoms with Gasteiger partial charge in [-0.25, -0.2) is 8.42 Å². The van der Waals surface area contributed by atoms with Crippen LogP contribution in [0.15, 0.2) is 18.2 Å². The summed E-state index contributed by atoms with van der Waals surface area (Å²) < 4.78 is 25.8.